The van der Waals surface area contributed by atoms with Crippen LogP contribution in [-0.2, 0) is 6.42 Å². The molecule has 4 nitrogen and oxygen atoms in total. The summed E-state index contributed by atoms with van der Waals surface area (Å²) in [6.07, 6.45) is 4.81. The molecule has 2 heterocycles. The highest BCUT2D eigenvalue weighted by atomic mass is 16.3. The number of nitrogens with one attached hydrogen (secondary N) is 1. The lowest BCUT2D eigenvalue weighted by molar-refractivity contribution is 0.457. The second-order valence-corrected chi connectivity index (χ2v) is 3.76. The van der Waals surface area contributed by atoms with Gasteiger partial charge in [-0.1, -0.05) is 0 Å². The van der Waals surface area contributed by atoms with E-state index in [0.717, 1.165) is 43.9 Å². The van der Waals surface area contributed by atoms with Crippen LogP contribution >= 0.6 is 0 Å². The Balaban J connectivity index is 1.94. The van der Waals surface area contributed by atoms with Crippen molar-refractivity contribution in [3.63, 3.8) is 0 Å². The molecule has 1 aromatic heterocycles. The van der Waals surface area contributed by atoms with Crippen molar-refractivity contribution in [2.75, 3.05) is 19.6 Å². The SMILES string of the molecule is NCCCc1coc(C2CCNC2)n1. The fourth-order valence-electron chi connectivity index (χ4n) is 1.77. The molecule has 1 aromatic rings. The van der Waals surface area contributed by atoms with Gasteiger partial charge in [-0.3, -0.25) is 0 Å². The van der Waals surface area contributed by atoms with Crippen LogP contribution in [0.25, 0.3) is 0 Å². The number of nitrogens with two attached hydrogens (primary N) is 1. The molecule has 4 heteroatoms. The van der Waals surface area contributed by atoms with Gasteiger partial charge in [0.1, 0.15) is 6.26 Å². The molecule has 0 radical (unpaired) electrons. The van der Waals surface area contributed by atoms with Gasteiger partial charge in [-0.05, 0) is 32.4 Å². The van der Waals surface area contributed by atoms with E-state index in [1.54, 1.807) is 6.26 Å². The molecule has 0 aromatic carbocycles. The van der Waals surface area contributed by atoms with Crippen LogP contribution in [0.15, 0.2) is 10.7 Å². The highest BCUT2D eigenvalue weighted by Gasteiger charge is 2.21. The Morgan fingerprint density at radius 1 is 1.64 bits per heavy atom. The molecule has 0 spiro atoms. The summed E-state index contributed by atoms with van der Waals surface area (Å²) >= 11 is 0. The number of hydrogen-bond donors (Lipinski definition) is 2. The number of aromatic nitrogens is 1. The minimum absolute atomic E-state index is 0.474. The molecule has 0 saturated carbocycles. The topological polar surface area (TPSA) is 64.1 Å². The van der Waals surface area contributed by atoms with Gasteiger partial charge in [0, 0.05) is 12.5 Å². The molecule has 1 aliphatic rings. The van der Waals surface area contributed by atoms with Crippen LogP contribution in [0.5, 0.6) is 0 Å². The summed E-state index contributed by atoms with van der Waals surface area (Å²) in [5.41, 5.74) is 6.48. The van der Waals surface area contributed by atoms with Crippen molar-refractivity contribution in [2.45, 2.75) is 25.2 Å². The number of oxazole rings is 1. The minimum atomic E-state index is 0.474. The second-order valence-electron chi connectivity index (χ2n) is 3.76. The molecule has 1 saturated heterocycles. The van der Waals surface area contributed by atoms with E-state index >= 15 is 0 Å². The number of nitrogens with zero attached hydrogens (tertiary/aromatic N) is 1. The highest BCUT2D eigenvalue weighted by Crippen LogP contribution is 2.21. The zero-order valence-corrected chi connectivity index (χ0v) is 8.33. The lowest BCUT2D eigenvalue weighted by atomic mass is 10.1. The van der Waals surface area contributed by atoms with Gasteiger partial charge in [-0.15, -0.1) is 0 Å². The van der Waals surface area contributed by atoms with Crippen LogP contribution < -0.4 is 11.1 Å². The first-order chi connectivity index (χ1) is 6.90. The lowest BCUT2D eigenvalue weighted by Crippen LogP contribution is -2.08. The van der Waals surface area contributed by atoms with Crippen molar-refractivity contribution >= 4 is 0 Å². The third kappa shape index (κ3) is 2.13. The third-order valence-corrected chi connectivity index (χ3v) is 2.62. The zero-order chi connectivity index (χ0) is 9.80. The van der Waals surface area contributed by atoms with Gasteiger partial charge >= 0.3 is 0 Å². The largest absolute Gasteiger partial charge is 0.448 e. The summed E-state index contributed by atoms with van der Waals surface area (Å²) in [4.78, 5) is 4.47. The minimum Gasteiger partial charge on any atom is -0.448 e. The zero-order valence-electron chi connectivity index (χ0n) is 8.33. The molecule has 0 bridgehead atoms. The van der Waals surface area contributed by atoms with Crippen molar-refractivity contribution in [1.82, 2.24) is 10.3 Å². The first kappa shape index (κ1) is 9.68. The lowest BCUT2D eigenvalue weighted by Gasteiger charge is -2.00. The van der Waals surface area contributed by atoms with Crippen molar-refractivity contribution in [1.29, 1.82) is 0 Å². The Hall–Kier alpha value is -0.870. The molecule has 2 rings (SSSR count). The van der Waals surface area contributed by atoms with E-state index < -0.39 is 0 Å². The standard InChI is InChI=1S/C10H17N3O/c11-4-1-2-9-7-14-10(13-9)8-3-5-12-6-8/h7-8,12H,1-6,11H2. The molecule has 78 valence electrons. The maximum Gasteiger partial charge on any atom is 0.198 e. The predicted octanol–water partition coefficient (Wildman–Crippen LogP) is 0.643. The molecular weight excluding hydrogens is 178 g/mol. The predicted molar refractivity (Wildman–Crippen MR) is 54.1 cm³/mol. The van der Waals surface area contributed by atoms with E-state index in [0.29, 0.717) is 12.5 Å². The van der Waals surface area contributed by atoms with E-state index in [1.807, 2.05) is 0 Å². The van der Waals surface area contributed by atoms with E-state index in [9.17, 15) is 0 Å². The Kier molecular flexibility index (Phi) is 3.16. The van der Waals surface area contributed by atoms with E-state index in [-0.39, 0.29) is 0 Å². The van der Waals surface area contributed by atoms with Crippen LogP contribution in [0.3, 0.4) is 0 Å². The van der Waals surface area contributed by atoms with E-state index in [4.69, 9.17) is 10.2 Å². The van der Waals surface area contributed by atoms with Crippen molar-refractivity contribution in [3.05, 3.63) is 17.8 Å². The molecule has 0 amide bonds. The number of aryl methyl sites for hydroxylation is 1. The van der Waals surface area contributed by atoms with Gasteiger partial charge in [0.2, 0.25) is 0 Å². The molecule has 1 aliphatic heterocycles. The Morgan fingerprint density at radius 2 is 2.57 bits per heavy atom. The van der Waals surface area contributed by atoms with Gasteiger partial charge in [0.25, 0.3) is 0 Å². The average Bonchev–Trinajstić information content (AvgIpc) is 2.85. The van der Waals surface area contributed by atoms with E-state index in [2.05, 4.69) is 10.3 Å². The van der Waals surface area contributed by atoms with Crippen molar-refractivity contribution < 1.29 is 4.42 Å². The average molecular weight is 195 g/mol. The van der Waals surface area contributed by atoms with Crippen LogP contribution in [-0.4, -0.2) is 24.6 Å². The van der Waals surface area contributed by atoms with Crippen LogP contribution in [0, 0.1) is 0 Å². The number of hydrogen-bond acceptors (Lipinski definition) is 4. The first-order valence-corrected chi connectivity index (χ1v) is 5.25. The summed E-state index contributed by atoms with van der Waals surface area (Å²) in [7, 11) is 0. The van der Waals surface area contributed by atoms with Gasteiger partial charge in [0.15, 0.2) is 5.89 Å². The Morgan fingerprint density at radius 3 is 3.29 bits per heavy atom. The Labute approximate surface area is 83.9 Å². The highest BCUT2D eigenvalue weighted by molar-refractivity contribution is 5.03. The summed E-state index contributed by atoms with van der Waals surface area (Å²) in [6, 6.07) is 0. The quantitative estimate of drug-likeness (QED) is 0.740. The van der Waals surface area contributed by atoms with Gasteiger partial charge < -0.3 is 15.5 Å². The van der Waals surface area contributed by atoms with Crippen LogP contribution in [0.1, 0.15) is 30.3 Å². The smallest absolute Gasteiger partial charge is 0.198 e. The molecular formula is C10H17N3O. The fraction of sp³-hybridized carbons (Fsp3) is 0.700. The maximum atomic E-state index is 5.45. The summed E-state index contributed by atoms with van der Waals surface area (Å²) in [5.74, 6) is 1.36. The summed E-state index contributed by atoms with van der Waals surface area (Å²) in [5, 5.41) is 3.30. The molecule has 0 aliphatic carbocycles. The second kappa shape index (κ2) is 4.57. The summed E-state index contributed by atoms with van der Waals surface area (Å²) in [6.45, 7) is 2.79. The van der Waals surface area contributed by atoms with Crippen molar-refractivity contribution in [2.24, 2.45) is 5.73 Å². The normalized spacial score (nSPS) is 21.6. The van der Waals surface area contributed by atoms with Gasteiger partial charge in [-0.25, -0.2) is 4.98 Å². The van der Waals surface area contributed by atoms with Gasteiger partial charge in [0.05, 0.1) is 5.69 Å². The first-order valence-electron chi connectivity index (χ1n) is 5.25. The van der Waals surface area contributed by atoms with Crippen LogP contribution in [0.2, 0.25) is 0 Å². The fourth-order valence-corrected chi connectivity index (χ4v) is 1.77. The molecule has 1 atom stereocenters. The third-order valence-electron chi connectivity index (χ3n) is 2.62. The number of rotatable bonds is 4. The molecule has 1 fully saturated rings. The molecule has 3 N–H and O–H groups in total. The summed E-state index contributed by atoms with van der Waals surface area (Å²) < 4.78 is 5.45. The van der Waals surface area contributed by atoms with Crippen molar-refractivity contribution in [3.8, 4) is 0 Å². The molecule has 1 unspecified atom stereocenters. The Bertz CT molecular complexity index is 279. The monoisotopic (exact) mass is 195 g/mol. The van der Waals surface area contributed by atoms with Crippen LogP contribution in [0.4, 0.5) is 0 Å². The maximum absolute atomic E-state index is 5.45. The van der Waals surface area contributed by atoms with Gasteiger partial charge in [-0.2, -0.15) is 0 Å². The molecule has 14 heavy (non-hydrogen) atoms. The van der Waals surface area contributed by atoms with E-state index in [1.165, 1.54) is 0 Å².